The topological polar surface area (TPSA) is 106 Å². The van der Waals surface area contributed by atoms with Gasteiger partial charge < -0.3 is 23.2 Å². The fourth-order valence-electron chi connectivity index (χ4n) is 2.31. The van der Waals surface area contributed by atoms with Crippen molar-refractivity contribution >= 4 is 17.7 Å². The van der Waals surface area contributed by atoms with E-state index in [1.54, 1.807) is 17.0 Å². The summed E-state index contributed by atoms with van der Waals surface area (Å²) >= 11 is 1.37. The van der Waals surface area contributed by atoms with Crippen molar-refractivity contribution in [1.29, 1.82) is 0 Å². The molecule has 0 saturated carbocycles. The number of carbonyl (C=O) groups excluding carboxylic acids is 1. The highest BCUT2D eigenvalue weighted by atomic mass is 32.2. The molecule has 3 aromatic rings. The Kier molecular flexibility index (Phi) is 4.55. The summed E-state index contributed by atoms with van der Waals surface area (Å²) in [5, 5.41) is 8.40. The van der Waals surface area contributed by atoms with Gasteiger partial charge in [0.15, 0.2) is 16.7 Å². The van der Waals surface area contributed by atoms with E-state index in [4.69, 9.17) is 18.6 Å². The molecule has 0 radical (unpaired) electrons. The van der Waals surface area contributed by atoms with E-state index in [0.717, 1.165) is 6.26 Å². The molecule has 0 amide bonds. The van der Waals surface area contributed by atoms with E-state index in [-0.39, 0.29) is 18.1 Å². The Hall–Kier alpha value is -3.27. The monoisotopic (exact) mass is 387 g/mol. The molecule has 10 heteroatoms. The number of ether oxygens (including phenoxy) is 3. The van der Waals surface area contributed by atoms with E-state index < -0.39 is 11.4 Å². The number of thioether (sulfide) groups is 1. The van der Waals surface area contributed by atoms with Crippen LogP contribution in [-0.4, -0.2) is 27.5 Å². The maximum atomic E-state index is 12.2. The molecular formula is C17H13N3O6S. The highest BCUT2D eigenvalue weighted by Crippen LogP contribution is 2.32. The highest BCUT2D eigenvalue weighted by Gasteiger charge is 2.18. The van der Waals surface area contributed by atoms with Crippen LogP contribution in [0.25, 0.3) is 0 Å². The van der Waals surface area contributed by atoms with Crippen molar-refractivity contribution in [2.75, 3.05) is 6.79 Å². The van der Waals surface area contributed by atoms with Gasteiger partial charge in [0.05, 0.1) is 11.3 Å². The zero-order valence-corrected chi connectivity index (χ0v) is 14.9. The number of benzene rings is 1. The van der Waals surface area contributed by atoms with Crippen LogP contribution >= 0.6 is 11.8 Å². The molecule has 138 valence electrons. The number of fused-ring (bicyclic) bond motifs is 1. The maximum absolute atomic E-state index is 12.2. The molecule has 0 N–H and O–H groups in total. The van der Waals surface area contributed by atoms with Gasteiger partial charge in [0, 0.05) is 13.1 Å². The average molecular weight is 387 g/mol. The lowest BCUT2D eigenvalue weighted by molar-refractivity contribution is 0.0728. The van der Waals surface area contributed by atoms with Crippen LogP contribution in [0, 0.1) is 0 Å². The number of hydrogen-bond donors (Lipinski definition) is 0. The summed E-state index contributed by atoms with van der Waals surface area (Å²) < 4.78 is 22.7. The molecule has 1 aliphatic heterocycles. The minimum atomic E-state index is -0.693. The van der Waals surface area contributed by atoms with Crippen molar-refractivity contribution < 1.29 is 23.4 Å². The quantitative estimate of drug-likeness (QED) is 0.480. The Balaban J connectivity index is 1.44. The zero-order chi connectivity index (χ0) is 18.8. The summed E-state index contributed by atoms with van der Waals surface area (Å²) in [4.78, 5) is 24.4. The third-order valence-corrected chi connectivity index (χ3v) is 4.73. The van der Waals surface area contributed by atoms with E-state index in [2.05, 4.69) is 10.2 Å². The Bertz CT molecular complexity index is 1060. The summed E-state index contributed by atoms with van der Waals surface area (Å²) in [6, 6.07) is 5.92. The average Bonchev–Trinajstić information content (AvgIpc) is 3.29. The van der Waals surface area contributed by atoms with Gasteiger partial charge in [-0.05, 0) is 18.2 Å². The second-order valence-corrected chi connectivity index (χ2v) is 6.49. The van der Waals surface area contributed by atoms with Crippen LogP contribution in [0.3, 0.4) is 0 Å². The van der Waals surface area contributed by atoms with Crippen molar-refractivity contribution in [2.24, 2.45) is 7.05 Å². The summed E-state index contributed by atoms with van der Waals surface area (Å²) in [6.45, 7) is 0.102. The molecule has 0 saturated heterocycles. The third kappa shape index (κ3) is 3.65. The van der Waals surface area contributed by atoms with E-state index in [1.807, 2.05) is 7.05 Å². The number of nitrogens with zero attached hydrogens (tertiary/aromatic N) is 3. The predicted molar refractivity (Wildman–Crippen MR) is 93.1 cm³/mol. The maximum Gasteiger partial charge on any atom is 0.343 e. The molecule has 0 spiro atoms. The molecule has 2 aromatic heterocycles. The van der Waals surface area contributed by atoms with Crippen molar-refractivity contribution in [3.8, 4) is 17.2 Å². The molecule has 0 atom stereocenters. The Labute approximate surface area is 156 Å². The lowest BCUT2D eigenvalue weighted by atomic mass is 10.2. The molecule has 0 bridgehead atoms. The van der Waals surface area contributed by atoms with Crippen molar-refractivity contribution in [3.63, 3.8) is 0 Å². The SMILES string of the molecule is Cn1cnnc1SCc1cc(=O)c(OC(=O)c2ccc3c(c2)OCO3)co1. The number of aromatic nitrogens is 3. The zero-order valence-electron chi connectivity index (χ0n) is 14.1. The van der Waals surface area contributed by atoms with Gasteiger partial charge in [0.1, 0.15) is 18.4 Å². The lowest BCUT2D eigenvalue weighted by Gasteiger charge is -2.05. The van der Waals surface area contributed by atoms with Crippen LogP contribution in [0.4, 0.5) is 0 Å². The number of hydrogen-bond acceptors (Lipinski definition) is 9. The Morgan fingerprint density at radius 1 is 1.30 bits per heavy atom. The van der Waals surface area contributed by atoms with Gasteiger partial charge in [0.25, 0.3) is 0 Å². The van der Waals surface area contributed by atoms with Crippen LogP contribution in [-0.2, 0) is 12.8 Å². The van der Waals surface area contributed by atoms with Crippen molar-refractivity contribution in [2.45, 2.75) is 10.9 Å². The van der Waals surface area contributed by atoms with Gasteiger partial charge in [0.2, 0.25) is 18.0 Å². The standard InChI is InChI=1S/C17H13N3O6S/c1-20-8-18-19-17(20)27-7-11-5-12(21)15(6-23-11)26-16(22)10-2-3-13-14(4-10)25-9-24-13/h2-6,8H,7,9H2,1H3. The predicted octanol–water partition coefficient (Wildman–Crippen LogP) is 2.01. The summed E-state index contributed by atoms with van der Waals surface area (Å²) in [5.41, 5.74) is -0.218. The Morgan fingerprint density at radius 2 is 2.15 bits per heavy atom. The smallest absolute Gasteiger partial charge is 0.343 e. The van der Waals surface area contributed by atoms with E-state index in [1.165, 1.54) is 30.0 Å². The second-order valence-electron chi connectivity index (χ2n) is 5.55. The molecule has 1 aliphatic rings. The van der Waals surface area contributed by atoms with Gasteiger partial charge in [-0.15, -0.1) is 10.2 Å². The fourth-order valence-corrected chi connectivity index (χ4v) is 3.09. The van der Waals surface area contributed by atoms with E-state index >= 15 is 0 Å². The van der Waals surface area contributed by atoms with Crippen LogP contribution in [0.5, 0.6) is 17.2 Å². The molecule has 0 unspecified atom stereocenters. The largest absolute Gasteiger partial charge is 0.464 e. The van der Waals surface area contributed by atoms with Gasteiger partial charge >= 0.3 is 5.97 Å². The van der Waals surface area contributed by atoms with Gasteiger partial charge in [-0.3, -0.25) is 4.79 Å². The Morgan fingerprint density at radius 3 is 2.93 bits per heavy atom. The molecule has 3 heterocycles. The van der Waals surface area contributed by atoms with Gasteiger partial charge in [-0.1, -0.05) is 11.8 Å². The molecule has 0 aliphatic carbocycles. The number of carbonyl (C=O) groups is 1. The van der Waals surface area contributed by atoms with Crippen molar-refractivity contribution in [1.82, 2.24) is 14.8 Å². The summed E-state index contributed by atoms with van der Waals surface area (Å²) in [7, 11) is 1.82. The minimum absolute atomic E-state index is 0.102. The second kappa shape index (κ2) is 7.16. The van der Waals surface area contributed by atoms with Crippen LogP contribution in [0.2, 0.25) is 0 Å². The molecular weight excluding hydrogens is 374 g/mol. The first kappa shape index (κ1) is 17.2. The normalized spacial score (nSPS) is 12.2. The third-order valence-electron chi connectivity index (χ3n) is 3.68. The van der Waals surface area contributed by atoms with Crippen LogP contribution < -0.4 is 19.6 Å². The first-order valence-corrected chi connectivity index (χ1v) is 8.79. The summed E-state index contributed by atoms with van der Waals surface area (Å²) in [6.07, 6.45) is 2.71. The number of rotatable bonds is 5. The summed E-state index contributed by atoms with van der Waals surface area (Å²) in [5.74, 6) is 0.934. The van der Waals surface area contributed by atoms with Crippen LogP contribution in [0.15, 0.2) is 51.2 Å². The minimum Gasteiger partial charge on any atom is -0.464 e. The molecule has 27 heavy (non-hydrogen) atoms. The lowest BCUT2D eigenvalue weighted by Crippen LogP contribution is -2.14. The van der Waals surface area contributed by atoms with Gasteiger partial charge in [-0.25, -0.2) is 4.79 Å². The van der Waals surface area contributed by atoms with Crippen molar-refractivity contribution in [3.05, 3.63) is 58.4 Å². The fraction of sp³-hybridized carbons (Fsp3) is 0.176. The molecule has 9 nitrogen and oxygen atoms in total. The highest BCUT2D eigenvalue weighted by molar-refractivity contribution is 7.98. The molecule has 4 rings (SSSR count). The number of aryl methyl sites for hydroxylation is 1. The molecule has 1 aromatic carbocycles. The van der Waals surface area contributed by atoms with E-state index in [9.17, 15) is 9.59 Å². The van der Waals surface area contributed by atoms with Gasteiger partial charge in [-0.2, -0.15) is 0 Å². The van der Waals surface area contributed by atoms with E-state index in [0.29, 0.717) is 28.2 Å². The molecule has 0 fully saturated rings. The number of esters is 1. The first-order chi connectivity index (χ1) is 13.1. The van der Waals surface area contributed by atoms with Crippen LogP contribution in [0.1, 0.15) is 16.1 Å². The first-order valence-electron chi connectivity index (χ1n) is 7.80.